The normalized spacial score (nSPS) is 15.7. The van der Waals surface area contributed by atoms with Crippen LogP contribution in [0.4, 0.5) is 46.5 Å². The van der Waals surface area contributed by atoms with E-state index in [1.807, 2.05) is 0 Å². The van der Waals surface area contributed by atoms with Crippen LogP contribution in [0.1, 0.15) is 43.0 Å². The van der Waals surface area contributed by atoms with Gasteiger partial charge in [0.05, 0.1) is 104 Å². The van der Waals surface area contributed by atoms with E-state index in [0.29, 0.717) is 22.2 Å². The van der Waals surface area contributed by atoms with Gasteiger partial charge in [-0.15, -0.1) is 0 Å². The molecule has 0 radical (unpaired) electrons. The molecule has 0 unspecified atom stereocenters. The largest absolute Gasteiger partial charge is 0.495 e. The Balaban J connectivity index is 0.000000223. The molecule has 4 aromatic carbocycles. The lowest BCUT2D eigenvalue weighted by molar-refractivity contribution is -0.167. The number of hydrogen-bond donors (Lipinski definition) is 3. The second-order valence-corrected chi connectivity index (χ2v) is 22.0. The number of anilines is 2. The summed E-state index contributed by atoms with van der Waals surface area (Å²) in [4.78, 5) is 114. The van der Waals surface area contributed by atoms with Crippen LogP contribution in [0.25, 0.3) is 33.2 Å². The summed E-state index contributed by atoms with van der Waals surface area (Å²) < 4.78 is 142. The van der Waals surface area contributed by atoms with E-state index >= 15 is 8.78 Å². The SMILES string of the molecule is COC(=O)[C@H](Cc1ccc(-n2c(=O)c3ccncc3n(C)c2=O)c(OC)c1)NC(=O)c1c(C)cc(N2CCOC[C@@H]2C(F)(F)F)cc1F.COc1cc(C[C@H](NC(=O)c2c(C)cc(N3CCOC[C@@H]3C(F)(F)F)cc2F)C(=O)O)ccc1-n1c(=O)c2ccncc2n(C)c1=O. The van der Waals surface area contributed by atoms with E-state index in [1.165, 1.54) is 137 Å². The molecule has 10 rings (SSSR count). The Hall–Kier alpha value is -10.5. The molecule has 2 saturated heterocycles. The first-order valence-corrected chi connectivity index (χ1v) is 28.8. The highest BCUT2D eigenvalue weighted by atomic mass is 19.4. The van der Waals surface area contributed by atoms with Gasteiger partial charge in [0.25, 0.3) is 22.9 Å². The van der Waals surface area contributed by atoms with Crippen LogP contribution in [-0.4, -0.2) is 154 Å². The number of ether oxygens (including phenoxy) is 5. The zero-order valence-electron chi connectivity index (χ0n) is 51.6. The van der Waals surface area contributed by atoms with E-state index in [4.69, 9.17) is 23.7 Å². The maximum atomic E-state index is 15.4. The molecule has 32 heteroatoms. The number of morpholine rings is 2. The van der Waals surface area contributed by atoms with Crippen molar-refractivity contribution in [2.24, 2.45) is 14.1 Å². The van der Waals surface area contributed by atoms with Gasteiger partial charge in [0, 0.05) is 63.8 Å². The Morgan fingerprint density at radius 2 is 1.01 bits per heavy atom. The van der Waals surface area contributed by atoms with E-state index in [0.717, 1.165) is 38.2 Å². The summed E-state index contributed by atoms with van der Waals surface area (Å²) in [6, 6.07) is 8.88. The van der Waals surface area contributed by atoms with Gasteiger partial charge in [0.2, 0.25) is 0 Å². The number of benzene rings is 4. The van der Waals surface area contributed by atoms with Gasteiger partial charge < -0.3 is 49.2 Å². The van der Waals surface area contributed by atoms with Gasteiger partial charge in [-0.2, -0.15) is 26.3 Å². The number of carboxylic acids is 1. The number of carbonyl (C=O) groups excluding carboxylic acids is 3. The fourth-order valence-electron chi connectivity index (χ4n) is 11.3. The van der Waals surface area contributed by atoms with E-state index in [2.05, 4.69) is 20.6 Å². The number of carboxylic acid groups (broad SMARTS) is 1. The number of fused-ring (bicyclic) bond motifs is 2. The number of methoxy groups -OCH3 is 3. The monoisotopic (exact) mass is 1330 g/mol. The van der Waals surface area contributed by atoms with E-state index in [1.54, 1.807) is 0 Å². The van der Waals surface area contributed by atoms with Gasteiger partial charge in [0.15, 0.2) is 0 Å². The van der Waals surface area contributed by atoms with Crippen molar-refractivity contribution in [1.82, 2.24) is 38.9 Å². The third kappa shape index (κ3) is 14.2. The van der Waals surface area contributed by atoms with Crippen LogP contribution in [-0.2, 0) is 50.7 Å². The van der Waals surface area contributed by atoms with Crippen LogP contribution >= 0.6 is 0 Å². The van der Waals surface area contributed by atoms with Crippen LogP contribution in [0, 0.1) is 25.5 Å². The van der Waals surface area contributed by atoms with Gasteiger partial charge in [-0.3, -0.25) is 38.3 Å². The lowest BCUT2D eigenvalue weighted by atomic mass is 10.0. The van der Waals surface area contributed by atoms with Crippen LogP contribution in [0.5, 0.6) is 11.5 Å². The predicted octanol–water partition coefficient (Wildman–Crippen LogP) is 5.56. The Kier molecular flexibility index (Phi) is 20.3. The predicted molar refractivity (Wildman–Crippen MR) is 326 cm³/mol. The molecular weight excluding hydrogens is 1270 g/mol. The molecule has 3 N–H and O–H groups in total. The maximum Gasteiger partial charge on any atom is 0.411 e. The van der Waals surface area contributed by atoms with Gasteiger partial charge in [-0.05, 0) is 96.8 Å². The number of nitrogens with one attached hydrogen (secondary N) is 2. The summed E-state index contributed by atoms with van der Waals surface area (Å²) in [5.74, 6) is -6.44. The quantitative estimate of drug-likeness (QED) is 0.0789. The Morgan fingerprint density at radius 1 is 0.611 bits per heavy atom. The smallest absolute Gasteiger partial charge is 0.411 e. The van der Waals surface area contributed by atoms with E-state index < -0.39 is 119 Å². The molecule has 0 saturated carbocycles. The molecule has 2 amide bonds. The van der Waals surface area contributed by atoms with Crippen molar-refractivity contribution in [2.75, 3.05) is 70.6 Å². The lowest BCUT2D eigenvalue weighted by Crippen LogP contribution is -2.53. The number of nitrogens with zero attached hydrogens (tertiary/aromatic N) is 8. The second kappa shape index (κ2) is 28.0. The number of aryl methyl sites for hydroxylation is 4. The molecule has 95 heavy (non-hydrogen) atoms. The zero-order chi connectivity index (χ0) is 69.1. The Bertz CT molecular complexity index is 4530. The molecule has 2 fully saturated rings. The first-order valence-electron chi connectivity index (χ1n) is 28.8. The molecule has 2 aliphatic heterocycles. The Morgan fingerprint density at radius 3 is 1.38 bits per heavy atom. The summed E-state index contributed by atoms with van der Waals surface area (Å²) in [5.41, 5.74) is -2.06. The third-order valence-electron chi connectivity index (χ3n) is 16.1. The summed E-state index contributed by atoms with van der Waals surface area (Å²) in [6.45, 7) is 1.17. The molecule has 0 bridgehead atoms. The van der Waals surface area contributed by atoms with Crippen molar-refractivity contribution in [3.05, 3.63) is 184 Å². The highest BCUT2D eigenvalue weighted by Gasteiger charge is 2.47. The number of pyridine rings is 2. The maximum absolute atomic E-state index is 15.4. The average molecular weight is 1330 g/mol. The van der Waals surface area contributed by atoms with Crippen molar-refractivity contribution in [2.45, 2.75) is 63.2 Å². The van der Waals surface area contributed by atoms with E-state index in [-0.39, 0.29) is 95.3 Å². The molecule has 0 aliphatic carbocycles. The minimum Gasteiger partial charge on any atom is -0.495 e. The molecule has 8 aromatic rings. The van der Waals surface area contributed by atoms with Gasteiger partial charge in [-0.25, -0.2) is 37.1 Å². The molecule has 4 atom stereocenters. The number of rotatable bonds is 16. The van der Waals surface area contributed by atoms with Gasteiger partial charge in [-0.1, -0.05) is 12.1 Å². The summed E-state index contributed by atoms with van der Waals surface area (Å²) in [5, 5.41) is 15.1. The van der Waals surface area contributed by atoms with Crippen molar-refractivity contribution in [1.29, 1.82) is 0 Å². The number of amides is 2. The first-order chi connectivity index (χ1) is 45.0. The van der Waals surface area contributed by atoms with E-state index in [9.17, 15) is 69.8 Å². The number of carbonyl (C=O) groups is 4. The zero-order valence-corrected chi connectivity index (χ0v) is 51.6. The van der Waals surface area contributed by atoms with Crippen LogP contribution in [0.15, 0.2) is 117 Å². The molecule has 0 spiro atoms. The minimum absolute atomic E-state index is 0.00161. The number of halogens is 8. The number of aliphatic carboxylic acids is 1. The molecule has 2 aliphatic rings. The standard InChI is InChI=1S/C32H31F4N5O7.C31H29F4N5O7/c1-17-11-19(40-9-10-48-16-26(40)32(34,35)36)14-21(33)27(17)28(42)38-22(30(44)47-4)12-18-5-6-23(25(13-18)46-3)41-29(43)20-7-8-37-15-24(20)39(2)31(41)45;1-16-10-18(39-8-9-47-15-25(39)31(33,34)35)13-20(32)26(16)27(41)37-21(29(43)44)11-17-4-5-22(24(12-17)46-3)40-28(42)19-6-7-36-14-23(19)38(2)30(40)45/h5-8,11,13-15,22,26H,9-10,12,16H2,1-4H3,(H,38,42);4-7,10,12-14,21,25H,8-9,11,15H2,1-3H3,(H,37,41)(H,43,44)/t22-,26+;21-,25+/m00/s1. The fraction of sp³-hybridized carbons (Fsp3) is 0.333. The first kappa shape index (κ1) is 68.9. The Labute approximate surface area is 532 Å². The number of hydrogen-bond acceptors (Lipinski definition) is 17. The molecular formula is C63H60F8N10O14. The summed E-state index contributed by atoms with van der Waals surface area (Å²) in [6.07, 6.45) is -4.14. The number of esters is 1. The van der Waals surface area contributed by atoms with Gasteiger partial charge in [0.1, 0.15) is 47.3 Å². The van der Waals surface area contributed by atoms with Gasteiger partial charge >= 0.3 is 35.7 Å². The van der Waals surface area contributed by atoms with Crippen molar-refractivity contribution < 1.29 is 83.1 Å². The van der Waals surface area contributed by atoms with Crippen molar-refractivity contribution in [3.63, 3.8) is 0 Å². The highest BCUT2D eigenvalue weighted by molar-refractivity contribution is 5.99. The topological polar surface area (TPSA) is 279 Å². The molecule has 6 heterocycles. The molecule has 24 nitrogen and oxygen atoms in total. The van der Waals surface area contributed by atoms with Crippen molar-refractivity contribution in [3.8, 4) is 22.9 Å². The van der Waals surface area contributed by atoms with Crippen molar-refractivity contribution >= 4 is 56.9 Å². The summed E-state index contributed by atoms with van der Waals surface area (Å²) in [7, 11) is 6.69. The number of alkyl halides is 6. The average Bonchev–Trinajstić information content (AvgIpc) is 0.770. The lowest BCUT2D eigenvalue weighted by Gasteiger charge is -2.38. The highest BCUT2D eigenvalue weighted by Crippen LogP contribution is 2.35. The minimum atomic E-state index is -4.64. The molecule has 4 aromatic heterocycles. The third-order valence-corrected chi connectivity index (χ3v) is 16.1. The van der Waals surface area contributed by atoms with Crippen LogP contribution in [0.2, 0.25) is 0 Å². The van der Waals surface area contributed by atoms with Crippen LogP contribution < -0.4 is 52.4 Å². The summed E-state index contributed by atoms with van der Waals surface area (Å²) >= 11 is 0. The number of aromatic nitrogens is 6. The van der Waals surface area contributed by atoms with Crippen LogP contribution in [0.3, 0.4) is 0 Å². The molecule has 502 valence electrons. The fourth-order valence-corrected chi connectivity index (χ4v) is 11.3. The second-order valence-electron chi connectivity index (χ2n) is 22.0.